The third-order valence-electron chi connectivity index (χ3n) is 11.0. The first kappa shape index (κ1) is 26.7. The SMILES string of the molecule is CCCC=C1OC(=O)C2=C1CCC1C3CCC4(C(=CCCC5CCCCC5)OC(=O)C4=C3Cc3ccnc(N)c3)C21. The predicted molar refractivity (Wildman–Crippen MR) is 157 cm³/mol. The number of nitrogens with two attached hydrogens (primary N) is 1. The molecule has 2 saturated carbocycles. The molecule has 0 radical (unpaired) electrons. The van der Waals surface area contributed by atoms with Crippen molar-refractivity contribution < 1.29 is 19.1 Å². The van der Waals surface area contributed by atoms with Crippen LogP contribution in [-0.4, -0.2) is 16.9 Å². The molecule has 3 fully saturated rings. The molecular weight excluding hydrogens is 512 g/mol. The van der Waals surface area contributed by atoms with Gasteiger partial charge in [0.15, 0.2) is 0 Å². The lowest BCUT2D eigenvalue weighted by molar-refractivity contribution is -0.135. The van der Waals surface area contributed by atoms with Crippen LogP contribution in [0.3, 0.4) is 0 Å². The predicted octanol–water partition coefficient (Wildman–Crippen LogP) is 7.28. The molecule has 1 aromatic heterocycles. The van der Waals surface area contributed by atoms with Crippen LogP contribution in [0.2, 0.25) is 0 Å². The summed E-state index contributed by atoms with van der Waals surface area (Å²) in [5.41, 5.74) is 10.5. The Labute approximate surface area is 243 Å². The number of fused-ring (bicyclic) bond motifs is 1. The van der Waals surface area contributed by atoms with Gasteiger partial charge in [-0.25, -0.2) is 14.6 Å². The number of carbonyl (C=O) groups excluding carboxylic acids is 2. The molecule has 7 aliphatic rings. The maximum Gasteiger partial charge on any atom is 0.340 e. The average molecular weight is 555 g/mol. The van der Waals surface area contributed by atoms with Gasteiger partial charge >= 0.3 is 11.9 Å². The molecule has 216 valence electrons. The highest BCUT2D eigenvalue weighted by molar-refractivity contribution is 6.00. The van der Waals surface area contributed by atoms with Crippen molar-refractivity contribution in [3.8, 4) is 0 Å². The van der Waals surface area contributed by atoms with E-state index >= 15 is 0 Å². The van der Waals surface area contributed by atoms with E-state index in [0.29, 0.717) is 12.2 Å². The number of cyclic esters (lactones) is 2. The molecule has 8 rings (SSSR count). The van der Waals surface area contributed by atoms with Crippen LogP contribution in [-0.2, 0) is 25.5 Å². The normalized spacial score (nSPS) is 32.9. The number of esters is 2. The van der Waals surface area contributed by atoms with E-state index in [9.17, 15) is 9.59 Å². The van der Waals surface area contributed by atoms with Crippen LogP contribution in [0, 0.1) is 29.1 Å². The number of aromatic nitrogens is 1. The van der Waals surface area contributed by atoms with Crippen LogP contribution in [0.1, 0.15) is 96.0 Å². The topological polar surface area (TPSA) is 91.5 Å². The van der Waals surface area contributed by atoms with E-state index in [2.05, 4.69) is 24.1 Å². The molecule has 6 heteroatoms. The van der Waals surface area contributed by atoms with Gasteiger partial charge in [-0.05, 0) is 99.0 Å². The van der Waals surface area contributed by atoms with Crippen molar-refractivity contribution in [2.75, 3.05) is 5.73 Å². The molecule has 41 heavy (non-hydrogen) atoms. The smallest absolute Gasteiger partial charge is 0.340 e. The lowest BCUT2D eigenvalue weighted by atomic mass is 9.44. The highest BCUT2D eigenvalue weighted by Crippen LogP contribution is 2.70. The van der Waals surface area contributed by atoms with E-state index in [1.807, 2.05) is 12.1 Å². The number of allylic oxidation sites excluding steroid dienone is 5. The zero-order valence-electron chi connectivity index (χ0n) is 24.3. The van der Waals surface area contributed by atoms with Crippen molar-refractivity contribution in [1.82, 2.24) is 4.98 Å². The number of hydrogen-bond donors (Lipinski definition) is 1. The van der Waals surface area contributed by atoms with Crippen molar-refractivity contribution in [3.63, 3.8) is 0 Å². The van der Waals surface area contributed by atoms with Crippen molar-refractivity contribution in [3.05, 3.63) is 69.9 Å². The monoisotopic (exact) mass is 554 g/mol. The van der Waals surface area contributed by atoms with Crippen LogP contribution >= 0.6 is 0 Å². The second kappa shape index (κ2) is 10.6. The highest BCUT2D eigenvalue weighted by atomic mass is 16.5. The number of pyridine rings is 1. The summed E-state index contributed by atoms with van der Waals surface area (Å²) in [5, 5.41) is 0. The summed E-state index contributed by atoms with van der Waals surface area (Å²) in [6.45, 7) is 2.14. The van der Waals surface area contributed by atoms with Crippen LogP contribution in [0.25, 0.3) is 0 Å². The Bertz CT molecular complexity index is 1390. The third kappa shape index (κ3) is 4.31. The molecule has 4 atom stereocenters. The van der Waals surface area contributed by atoms with Crippen LogP contribution < -0.4 is 5.73 Å². The fraction of sp³-hybridized carbons (Fsp3) is 0.571. The van der Waals surface area contributed by atoms with Gasteiger partial charge in [0, 0.05) is 23.3 Å². The van der Waals surface area contributed by atoms with Crippen LogP contribution in [0.5, 0.6) is 0 Å². The van der Waals surface area contributed by atoms with Gasteiger partial charge in [0.25, 0.3) is 0 Å². The second-order valence-corrected chi connectivity index (χ2v) is 13.1. The van der Waals surface area contributed by atoms with Gasteiger partial charge in [-0.1, -0.05) is 51.0 Å². The van der Waals surface area contributed by atoms with Gasteiger partial charge in [0.05, 0.1) is 11.0 Å². The van der Waals surface area contributed by atoms with Gasteiger partial charge in [-0.3, -0.25) is 0 Å². The molecule has 6 nitrogen and oxygen atoms in total. The van der Waals surface area contributed by atoms with E-state index in [0.717, 1.165) is 91.1 Å². The number of hydrogen-bond acceptors (Lipinski definition) is 6. The molecule has 1 aromatic rings. The lowest BCUT2D eigenvalue weighted by Crippen LogP contribution is -2.52. The van der Waals surface area contributed by atoms with Gasteiger partial charge in [-0.15, -0.1) is 0 Å². The minimum Gasteiger partial charge on any atom is -0.427 e. The zero-order chi connectivity index (χ0) is 28.1. The Hall–Kier alpha value is -3.15. The van der Waals surface area contributed by atoms with Crippen molar-refractivity contribution in [2.45, 2.75) is 96.8 Å². The van der Waals surface area contributed by atoms with E-state index in [1.165, 1.54) is 37.7 Å². The maximum atomic E-state index is 13.9. The summed E-state index contributed by atoms with van der Waals surface area (Å²) in [4.78, 5) is 31.7. The molecule has 2 N–H and O–H groups in total. The van der Waals surface area contributed by atoms with Crippen LogP contribution in [0.15, 0.2) is 64.3 Å². The molecule has 0 amide bonds. The minimum atomic E-state index is -0.586. The summed E-state index contributed by atoms with van der Waals surface area (Å²) in [6, 6.07) is 3.92. The Balaban J connectivity index is 1.34. The summed E-state index contributed by atoms with van der Waals surface area (Å²) in [6.07, 6.45) is 21.0. The average Bonchev–Trinajstić information content (AvgIpc) is 3.46. The highest BCUT2D eigenvalue weighted by Gasteiger charge is 2.68. The minimum absolute atomic E-state index is 0.0707. The Kier molecular flexibility index (Phi) is 6.91. The molecule has 2 aliphatic heterocycles. The van der Waals surface area contributed by atoms with E-state index in [1.54, 1.807) is 6.20 Å². The summed E-state index contributed by atoms with van der Waals surface area (Å²) in [5.74, 6) is 2.85. The van der Waals surface area contributed by atoms with Gasteiger partial charge in [-0.2, -0.15) is 0 Å². The number of unbranched alkanes of at least 4 members (excludes halogenated alkanes) is 1. The third-order valence-corrected chi connectivity index (χ3v) is 11.0. The molecule has 1 saturated heterocycles. The molecular formula is C35H42N2O4. The van der Waals surface area contributed by atoms with Crippen molar-refractivity contribution in [2.24, 2.45) is 29.1 Å². The van der Waals surface area contributed by atoms with Crippen molar-refractivity contribution in [1.29, 1.82) is 0 Å². The molecule has 1 spiro atoms. The lowest BCUT2D eigenvalue weighted by Gasteiger charge is -2.56. The maximum absolute atomic E-state index is 13.9. The van der Waals surface area contributed by atoms with Crippen molar-refractivity contribution >= 4 is 17.8 Å². The van der Waals surface area contributed by atoms with Gasteiger partial charge in [0.1, 0.15) is 17.3 Å². The fourth-order valence-corrected chi connectivity index (χ4v) is 9.31. The molecule has 0 aromatic carbocycles. The quantitative estimate of drug-likeness (QED) is 0.356. The molecule has 4 unspecified atom stereocenters. The van der Waals surface area contributed by atoms with E-state index in [-0.39, 0.29) is 29.7 Å². The number of nitrogens with zero attached hydrogens (tertiary/aromatic N) is 1. The van der Waals surface area contributed by atoms with E-state index in [4.69, 9.17) is 15.2 Å². The summed E-state index contributed by atoms with van der Waals surface area (Å²) in [7, 11) is 0. The van der Waals surface area contributed by atoms with Gasteiger partial charge < -0.3 is 15.2 Å². The van der Waals surface area contributed by atoms with E-state index < -0.39 is 5.41 Å². The number of ether oxygens (including phenoxy) is 2. The van der Waals surface area contributed by atoms with Gasteiger partial charge in [0.2, 0.25) is 0 Å². The Morgan fingerprint density at radius 2 is 1.90 bits per heavy atom. The standard InChI is InChI=1S/C35H42N2O4/c1-2-3-11-27-25-14-13-24-23-15-17-35(31(24)30(25)33(38)40-27)28(12-7-10-21-8-5-4-6-9-21)41-34(39)32(35)26(23)19-22-16-18-37-29(36)20-22/h11-12,16,18,20-21,23-24,31H,2-10,13-15,17,19H2,1H3,(H2,36,37). The first-order valence-electron chi connectivity index (χ1n) is 16.0. The number of rotatable bonds is 7. The summed E-state index contributed by atoms with van der Waals surface area (Å²) >= 11 is 0. The Morgan fingerprint density at radius 3 is 2.71 bits per heavy atom. The number of anilines is 1. The molecule has 2 bridgehead atoms. The van der Waals surface area contributed by atoms with Crippen LogP contribution in [0.4, 0.5) is 5.82 Å². The zero-order valence-corrected chi connectivity index (χ0v) is 24.3. The molecule has 5 aliphatic carbocycles. The Morgan fingerprint density at radius 1 is 1.05 bits per heavy atom. The number of nitrogen functional groups attached to an aromatic ring is 1. The fourth-order valence-electron chi connectivity index (χ4n) is 9.31. The first-order valence-corrected chi connectivity index (χ1v) is 16.0. The second-order valence-electron chi connectivity index (χ2n) is 13.1. The summed E-state index contributed by atoms with van der Waals surface area (Å²) < 4.78 is 12.2. The largest absolute Gasteiger partial charge is 0.427 e. The first-order chi connectivity index (χ1) is 20.0. The number of carbonyl (C=O) groups is 2. The molecule has 3 heterocycles.